The van der Waals surface area contributed by atoms with Crippen LogP contribution >= 0.6 is 0 Å². The van der Waals surface area contributed by atoms with Crippen molar-refractivity contribution in [2.24, 2.45) is 5.73 Å². The van der Waals surface area contributed by atoms with Gasteiger partial charge in [-0.25, -0.2) is 4.79 Å². The number of nitrogens with one attached hydrogen (secondary N) is 2. The molecule has 0 spiro atoms. The van der Waals surface area contributed by atoms with Crippen LogP contribution in [0.5, 0.6) is 0 Å². The van der Waals surface area contributed by atoms with Crippen molar-refractivity contribution in [3.63, 3.8) is 0 Å². The van der Waals surface area contributed by atoms with E-state index in [0.717, 1.165) is 38.8 Å². The first-order valence-electron chi connectivity index (χ1n) is 6.54. The van der Waals surface area contributed by atoms with Crippen LogP contribution in [0.15, 0.2) is 0 Å². The molecule has 0 aromatic rings. The van der Waals surface area contributed by atoms with Gasteiger partial charge in [-0.15, -0.1) is 0 Å². The number of carbonyl (C=O) groups is 1. The number of urea groups is 1. The molecule has 98 valence electrons. The number of rotatable bonds is 4. The number of nitrogens with two attached hydrogens (primary N) is 1. The first-order valence-corrected chi connectivity index (χ1v) is 6.54. The summed E-state index contributed by atoms with van der Waals surface area (Å²) in [7, 11) is 0. The van der Waals surface area contributed by atoms with Gasteiger partial charge < -0.3 is 16.0 Å². The smallest absolute Gasteiger partial charge is 0.317 e. The van der Waals surface area contributed by atoms with Crippen LogP contribution in [0, 0.1) is 5.41 Å². The number of carbonyl (C=O) groups excluding carboxylic acids is 1. The lowest BCUT2D eigenvalue weighted by molar-refractivity contribution is 0.197. The van der Waals surface area contributed by atoms with Gasteiger partial charge in [-0.3, -0.25) is 5.41 Å². The van der Waals surface area contributed by atoms with E-state index in [4.69, 9.17) is 11.1 Å². The number of amides is 2. The molecule has 0 radical (unpaired) electrons. The molecule has 5 heteroatoms. The van der Waals surface area contributed by atoms with Gasteiger partial charge in [-0.05, 0) is 19.3 Å². The first-order chi connectivity index (χ1) is 8.15. The average molecular weight is 240 g/mol. The lowest BCUT2D eigenvalue weighted by Gasteiger charge is -2.24. The molecule has 2 amide bonds. The average Bonchev–Trinajstić information content (AvgIpc) is 2.56. The van der Waals surface area contributed by atoms with Crippen molar-refractivity contribution in [1.29, 1.82) is 5.41 Å². The Hall–Kier alpha value is -1.26. The van der Waals surface area contributed by atoms with Crippen LogP contribution in [-0.2, 0) is 0 Å². The van der Waals surface area contributed by atoms with Crippen LogP contribution < -0.4 is 11.1 Å². The number of hydrogen-bond donors (Lipinski definition) is 3. The Kier molecular flexibility index (Phi) is 5.80. The molecule has 5 nitrogen and oxygen atoms in total. The minimum Gasteiger partial charge on any atom is -0.386 e. The van der Waals surface area contributed by atoms with Crippen LogP contribution in [0.3, 0.4) is 0 Å². The third-order valence-corrected chi connectivity index (χ3v) is 3.14. The third kappa shape index (κ3) is 4.63. The Morgan fingerprint density at radius 2 is 1.94 bits per heavy atom. The number of likely N-dealkylation sites (tertiary alicyclic amines) is 1. The summed E-state index contributed by atoms with van der Waals surface area (Å²) in [6, 6.07) is -0.378. The molecule has 0 saturated carbocycles. The van der Waals surface area contributed by atoms with E-state index in [1.807, 2.05) is 11.8 Å². The fraction of sp³-hybridized carbons (Fsp3) is 0.833. The third-order valence-electron chi connectivity index (χ3n) is 3.14. The summed E-state index contributed by atoms with van der Waals surface area (Å²) in [6.07, 6.45) is 6.20. The van der Waals surface area contributed by atoms with Gasteiger partial charge in [0.2, 0.25) is 0 Å². The second-order valence-electron chi connectivity index (χ2n) is 4.65. The molecule has 1 aliphatic heterocycles. The number of nitrogens with zero attached hydrogens (tertiary/aromatic N) is 1. The fourth-order valence-corrected chi connectivity index (χ4v) is 2.11. The fourth-order valence-electron chi connectivity index (χ4n) is 2.11. The van der Waals surface area contributed by atoms with E-state index in [0.29, 0.717) is 0 Å². The molecule has 1 unspecified atom stereocenters. The maximum atomic E-state index is 12.0. The van der Waals surface area contributed by atoms with Crippen molar-refractivity contribution >= 4 is 11.9 Å². The molecule has 1 rings (SSSR count). The molecule has 1 heterocycles. The topological polar surface area (TPSA) is 82.2 Å². The highest BCUT2D eigenvalue weighted by Crippen LogP contribution is 2.10. The Bertz CT molecular complexity index is 259. The molecule has 1 saturated heterocycles. The van der Waals surface area contributed by atoms with Crippen LogP contribution in [0.1, 0.15) is 45.4 Å². The summed E-state index contributed by atoms with van der Waals surface area (Å²) < 4.78 is 0. The molecule has 1 aliphatic rings. The maximum absolute atomic E-state index is 12.0. The molecular weight excluding hydrogens is 216 g/mol. The Balaban J connectivity index is 2.47. The van der Waals surface area contributed by atoms with E-state index < -0.39 is 0 Å². The summed E-state index contributed by atoms with van der Waals surface area (Å²) >= 11 is 0. The molecule has 0 bridgehead atoms. The maximum Gasteiger partial charge on any atom is 0.317 e. The molecule has 0 aliphatic carbocycles. The van der Waals surface area contributed by atoms with Crippen molar-refractivity contribution in [3.8, 4) is 0 Å². The van der Waals surface area contributed by atoms with Crippen molar-refractivity contribution in [2.75, 3.05) is 13.1 Å². The van der Waals surface area contributed by atoms with Gasteiger partial charge in [-0.2, -0.15) is 0 Å². The van der Waals surface area contributed by atoms with Crippen molar-refractivity contribution in [2.45, 2.75) is 51.5 Å². The minimum absolute atomic E-state index is 0.0509. The van der Waals surface area contributed by atoms with Gasteiger partial charge in [0.25, 0.3) is 0 Å². The summed E-state index contributed by atoms with van der Waals surface area (Å²) in [5.74, 6) is 0.0509. The van der Waals surface area contributed by atoms with E-state index >= 15 is 0 Å². The molecule has 0 aromatic carbocycles. The van der Waals surface area contributed by atoms with E-state index in [1.54, 1.807) is 0 Å². The van der Waals surface area contributed by atoms with Gasteiger partial charge in [0.05, 0.1) is 6.04 Å². The molecule has 17 heavy (non-hydrogen) atoms. The second-order valence-corrected chi connectivity index (χ2v) is 4.65. The highest BCUT2D eigenvalue weighted by molar-refractivity contribution is 5.87. The summed E-state index contributed by atoms with van der Waals surface area (Å²) in [6.45, 7) is 3.67. The predicted octanol–water partition coefficient (Wildman–Crippen LogP) is 1.68. The molecular formula is C12H24N4O. The van der Waals surface area contributed by atoms with Gasteiger partial charge in [-0.1, -0.05) is 26.2 Å². The molecule has 1 atom stereocenters. The SMILES string of the molecule is CCCC(NC(=O)N1CCCCCC1)C(=N)N. The monoisotopic (exact) mass is 240 g/mol. The Morgan fingerprint density at radius 1 is 1.35 bits per heavy atom. The second kappa shape index (κ2) is 7.14. The summed E-state index contributed by atoms with van der Waals surface area (Å²) in [5.41, 5.74) is 5.48. The number of amidine groups is 1. The Labute approximate surface area is 103 Å². The standard InChI is InChI=1S/C12H24N4O/c1-2-7-10(11(13)14)15-12(17)16-8-5-3-4-6-9-16/h10H,2-9H2,1H3,(H3,13,14)(H,15,17). The normalized spacial score (nSPS) is 18.3. The van der Waals surface area contributed by atoms with Crippen LogP contribution in [0.4, 0.5) is 4.79 Å². The van der Waals surface area contributed by atoms with E-state index in [-0.39, 0.29) is 17.9 Å². The van der Waals surface area contributed by atoms with Crippen LogP contribution in [0.25, 0.3) is 0 Å². The summed E-state index contributed by atoms with van der Waals surface area (Å²) in [4.78, 5) is 13.8. The van der Waals surface area contributed by atoms with Gasteiger partial charge in [0.1, 0.15) is 5.84 Å². The molecule has 1 fully saturated rings. The lowest BCUT2D eigenvalue weighted by atomic mass is 10.1. The first kappa shape index (κ1) is 13.8. The lowest BCUT2D eigenvalue weighted by Crippen LogP contribution is -2.49. The van der Waals surface area contributed by atoms with Gasteiger partial charge in [0, 0.05) is 13.1 Å². The molecule has 4 N–H and O–H groups in total. The Morgan fingerprint density at radius 3 is 2.41 bits per heavy atom. The van der Waals surface area contributed by atoms with Crippen LogP contribution in [-0.4, -0.2) is 35.9 Å². The van der Waals surface area contributed by atoms with E-state index in [2.05, 4.69) is 5.32 Å². The summed E-state index contributed by atoms with van der Waals surface area (Å²) in [5, 5.41) is 10.3. The largest absolute Gasteiger partial charge is 0.386 e. The zero-order chi connectivity index (χ0) is 12.7. The van der Waals surface area contributed by atoms with Crippen molar-refractivity contribution in [3.05, 3.63) is 0 Å². The predicted molar refractivity (Wildman–Crippen MR) is 69.2 cm³/mol. The number of hydrogen-bond acceptors (Lipinski definition) is 2. The zero-order valence-corrected chi connectivity index (χ0v) is 10.7. The zero-order valence-electron chi connectivity index (χ0n) is 10.7. The van der Waals surface area contributed by atoms with Crippen LogP contribution in [0.2, 0.25) is 0 Å². The quantitative estimate of drug-likeness (QED) is 0.516. The van der Waals surface area contributed by atoms with Crippen molar-refractivity contribution < 1.29 is 4.79 Å². The van der Waals surface area contributed by atoms with Gasteiger partial charge >= 0.3 is 6.03 Å². The highest BCUT2D eigenvalue weighted by Gasteiger charge is 2.19. The van der Waals surface area contributed by atoms with E-state index in [1.165, 1.54) is 12.8 Å². The van der Waals surface area contributed by atoms with Crippen molar-refractivity contribution in [1.82, 2.24) is 10.2 Å². The minimum atomic E-state index is -0.309. The molecule has 0 aromatic heterocycles. The highest BCUT2D eigenvalue weighted by atomic mass is 16.2. The van der Waals surface area contributed by atoms with E-state index in [9.17, 15) is 4.79 Å². The van der Waals surface area contributed by atoms with Gasteiger partial charge in [0.15, 0.2) is 0 Å².